The van der Waals surface area contributed by atoms with Crippen LogP contribution < -0.4 is 10.6 Å². The van der Waals surface area contributed by atoms with Crippen LogP contribution in [0, 0.1) is 6.92 Å². The van der Waals surface area contributed by atoms with Gasteiger partial charge in [-0.05, 0) is 24.1 Å². The predicted octanol–water partition coefficient (Wildman–Crippen LogP) is 3.09. The van der Waals surface area contributed by atoms with Crippen LogP contribution in [0.4, 0.5) is 5.69 Å². The lowest BCUT2D eigenvalue weighted by atomic mass is 9.98. The zero-order chi connectivity index (χ0) is 15.5. The van der Waals surface area contributed by atoms with Crippen molar-refractivity contribution in [3.63, 3.8) is 0 Å². The van der Waals surface area contributed by atoms with Crippen molar-refractivity contribution < 1.29 is 9.90 Å². The molecule has 1 aliphatic rings. The topological polar surface area (TPSA) is 61.4 Å². The van der Waals surface area contributed by atoms with Crippen LogP contribution >= 0.6 is 0 Å². The van der Waals surface area contributed by atoms with Crippen LogP contribution in [0.2, 0.25) is 0 Å². The molecule has 4 nitrogen and oxygen atoms in total. The minimum absolute atomic E-state index is 0.0523. The summed E-state index contributed by atoms with van der Waals surface area (Å²) in [7, 11) is 0. The summed E-state index contributed by atoms with van der Waals surface area (Å²) in [6.07, 6.45) is 0.405. The number of carbonyl (C=O) groups excluding carboxylic acids is 1. The zero-order valence-corrected chi connectivity index (χ0v) is 12.4. The van der Waals surface area contributed by atoms with Crippen molar-refractivity contribution in [1.29, 1.82) is 0 Å². The van der Waals surface area contributed by atoms with E-state index in [4.69, 9.17) is 0 Å². The number of hydrogen-bond acceptors (Lipinski definition) is 4. The summed E-state index contributed by atoms with van der Waals surface area (Å²) in [5, 5.41) is 16.4. The molecular formula is C18H18N2O2. The Hall–Kier alpha value is -2.75. The minimum Gasteiger partial charge on any atom is -0.505 e. The SMILES string of the molecule is Cc1cccc(NC2=C(NCc3ccccc3)CC2=O)c1O. The lowest BCUT2D eigenvalue weighted by Gasteiger charge is -2.25. The number of ketones is 1. The highest BCUT2D eigenvalue weighted by molar-refractivity contribution is 6.06. The van der Waals surface area contributed by atoms with Gasteiger partial charge in [-0.1, -0.05) is 42.5 Å². The summed E-state index contributed by atoms with van der Waals surface area (Å²) < 4.78 is 0. The van der Waals surface area contributed by atoms with E-state index in [2.05, 4.69) is 10.6 Å². The molecule has 0 radical (unpaired) electrons. The standard InChI is InChI=1S/C18H18N2O2/c1-12-6-5-9-14(18(12)22)20-17-15(10-16(17)21)19-11-13-7-3-2-4-8-13/h2-9,19-20,22H,10-11H2,1H3. The van der Waals surface area contributed by atoms with Gasteiger partial charge in [-0.25, -0.2) is 0 Å². The van der Waals surface area contributed by atoms with E-state index in [0.29, 0.717) is 24.4 Å². The van der Waals surface area contributed by atoms with E-state index in [-0.39, 0.29) is 11.5 Å². The number of rotatable bonds is 5. The first kappa shape index (κ1) is 14.2. The normalized spacial score (nSPS) is 13.8. The molecule has 0 aliphatic heterocycles. The molecule has 1 aliphatic carbocycles. The van der Waals surface area contributed by atoms with Gasteiger partial charge < -0.3 is 15.7 Å². The van der Waals surface area contributed by atoms with E-state index in [1.165, 1.54) is 0 Å². The van der Waals surface area contributed by atoms with Gasteiger partial charge in [0.2, 0.25) is 0 Å². The molecule has 0 saturated carbocycles. The lowest BCUT2D eigenvalue weighted by Crippen LogP contribution is -2.32. The fourth-order valence-electron chi connectivity index (χ4n) is 2.39. The minimum atomic E-state index is 0.0523. The molecule has 112 valence electrons. The zero-order valence-electron chi connectivity index (χ0n) is 12.4. The van der Waals surface area contributed by atoms with Crippen molar-refractivity contribution in [2.75, 3.05) is 5.32 Å². The highest BCUT2D eigenvalue weighted by Crippen LogP contribution is 2.31. The van der Waals surface area contributed by atoms with Gasteiger partial charge in [-0.2, -0.15) is 0 Å². The van der Waals surface area contributed by atoms with Gasteiger partial charge in [0.1, 0.15) is 11.4 Å². The Balaban J connectivity index is 1.73. The maximum absolute atomic E-state index is 11.8. The maximum atomic E-state index is 11.8. The number of para-hydroxylation sites is 1. The maximum Gasteiger partial charge on any atom is 0.186 e. The van der Waals surface area contributed by atoms with E-state index in [9.17, 15) is 9.90 Å². The van der Waals surface area contributed by atoms with Crippen LogP contribution in [0.25, 0.3) is 0 Å². The van der Waals surface area contributed by atoms with Gasteiger partial charge in [-0.15, -0.1) is 0 Å². The Morgan fingerprint density at radius 3 is 2.59 bits per heavy atom. The van der Waals surface area contributed by atoms with E-state index in [0.717, 1.165) is 16.8 Å². The number of allylic oxidation sites excluding steroid dienone is 2. The first-order valence-corrected chi connectivity index (χ1v) is 7.25. The predicted molar refractivity (Wildman–Crippen MR) is 86.4 cm³/mol. The third-order valence-electron chi connectivity index (χ3n) is 3.76. The summed E-state index contributed by atoms with van der Waals surface area (Å²) in [6.45, 7) is 2.50. The number of aryl methyl sites for hydroxylation is 1. The molecule has 0 spiro atoms. The molecule has 0 unspecified atom stereocenters. The van der Waals surface area contributed by atoms with Gasteiger partial charge in [0.05, 0.1) is 12.1 Å². The molecule has 2 aromatic rings. The Kier molecular flexibility index (Phi) is 3.83. The fourth-order valence-corrected chi connectivity index (χ4v) is 2.39. The van der Waals surface area contributed by atoms with Gasteiger partial charge in [0.15, 0.2) is 5.78 Å². The number of anilines is 1. The molecule has 3 rings (SSSR count). The smallest absolute Gasteiger partial charge is 0.186 e. The Morgan fingerprint density at radius 1 is 1.09 bits per heavy atom. The molecule has 0 saturated heterocycles. The molecule has 0 aromatic heterocycles. The van der Waals surface area contributed by atoms with E-state index in [1.54, 1.807) is 6.07 Å². The molecule has 22 heavy (non-hydrogen) atoms. The average Bonchev–Trinajstić information content (AvgIpc) is 2.53. The molecular weight excluding hydrogens is 276 g/mol. The van der Waals surface area contributed by atoms with Crippen molar-refractivity contribution in [3.8, 4) is 5.75 Å². The van der Waals surface area contributed by atoms with Gasteiger partial charge in [0, 0.05) is 12.2 Å². The number of nitrogens with one attached hydrogen (secondary N) is 2. The largest absolute Gasteiger partial charge is 0.505 e. The summed E-state index contributed by atoms with van der Waals surface area (Å²) >= 11 is 0. The third kappa shape index (κ3) is 2.81. The van der Waals surface area contributed by atoms with Crippen molar-refractivity contribution in [3.05, 3.63) is 71.1 Å². The second-order valence-corrected chi connectivity index (χ2v) is 5.39. The number of Topliss-reactive ketones (excluding diaryl/α,β-unsaturated/α-hetero) is 1. The van der Waals surface area contributed by atoms with Crippen molar-refractivity contribution in [2.45, 2.75) is 19.9 Å². The first-order chi connectivity index (χ1) is 10.6. The summed E-state index contributed by atoms with van der Waals surface area (Å²) in [5.41, 5.74) is 3.91. The van der Waals surface area contributed by atoms with Crippen molar-refractivity contribution in [2.24, 2.45) is 0 Å². The third-order valence-corrected chi connectivity index (χ3v) is 3.76. The van der Waals surface area contributed by atoms with Crippen LogP contribution in [0.15, 0.2) is 59.9 Å². The summed E-state index contributed by atoms with van der Waals surface area (Å²) in [6, 6.07) is 15.5. The highest BCUT2D eigenvalue weighted by atomic mass is 16.3. The molecule has 0 heterocycles. The van der Waals surface area contributed by atoms with Crippen LogP contribution in [-0.4, -0.2) is 10.9 Å². The second-order valence-electron chi connectivity index (χ2n) is 5.39. The monoisotopic (exact) mass is 294 g/mol. The van der Waals surface area contributed by atoms with E-state index in [1.807, 2.05) is 49.4 Å². The van der Waals surface area contributed by atoms with Gasteiger partial charge >= 0.3 is 0 Å². The van der Waals surface area contributed by atoms with E-state index >= 15 is 0 Å². The van der Waals surface area contributed by atoms with Gasteiger partial charge in [-0.3, -0.25) is 4.79 Å². The average molecular weight is 294 g/mol. The molecule has 2 aromatic carbocycles. The fraction of sp³-hybridized carbons (Fsp3) is 0.167. The quantitative estimate of drug-likeness (QED) is 0.742. The number of hydrogen-bond donors (Lipinski definition) is 3. The number of aromatic hydroxyl groups is 1. The molecule has 3 N–H and O–H groups in total. The summed E-state index contributed by atoms with van der Waals surface area (Å²) in [5.74, 6) is 0.230. The number of phenols is 1. The molecule has 0 atom stereocenters. The lowest BCUT2D eigenvalue weighted by molar-refractivity contribution is -0.116. The van der Waals surface area contributed by atoms with Gasteiger partial charge in [0.25, 0.3) is 0 Å². The first-order valence-electron chi connectivity index (χ1n) is 7.25. The van der Waals surface area contributed by atoms with Crippen LogP contribution in [0.5, 0.6) is 5.75 Å². The van der Waals surface area contributed by atoms with Crippen molar-refractivity contribution >= 4 is 11.5 Å². The van der Waals surface area contributed by atoms with Crippen LogP contribution in [-0.2, 0) is 11.3 Å². The molecule has 0 bridgehead atoms. The van der Waals surface area contributed by atoms with Crippen molar-refractivity contribution in [1.82, 2.24) is 5.32 Å². The second kappa shape index (κ2) is 5.93. The molecule has 0 fully saturated rings. The molecule has 0 amide bonds. The number of phenolic OH excluding ortho intramolecular Hbond substituents is 1. The highest BCUT2D eigenvalue weighted by Gasteiger charge is 2.27. The van der Waals surface area contributed by atoms with E-state index < -0.39 is 0 Å². The number of benzene rings is 2. The Labute approximate surface area is 129 Å². The van der Waals surface area contributed by atoms with Crippen LogP contribution in [0.1, 0.15) is 17.5 Å². The Morgan fingerprint density at radius 2 is 1.86 bits per heavy atom. The Bertz CT molecular complexity index is 736. The molecule has 4 heteroatoms. The summed E-state index contributed by atoms with van der Waals surface area (Å²) in [4.78, 5) is 11.8. The van der Waals surface area contributed by atoms with Crippen LogP contribution in [0.3, 0.4) is 0 Å². The number of carbonyl (C=O) groups is 1.